The zero-order valence-electron chi connectivity index (χ0n) is 10.5. The highest BCUT2D eigenvalue weighted by atomic mass is 35.5. The largest absolute Gasteiger partial charge is 0.335 e. The molecule has 2 N–H and O–H groups in total. The lowest BCUT2D eigenvalue weighted by Crippen LogP contribution is -2.43. The molecule has 1 atom stereocenters. The highest BCUT2D eigenvalue weighted by molar-refractivity contribution is 8.00. The second-order valence-electron chi connectivity index (χ2n) is 4.43. The number of hydrogen-bond acceptors (Lipinski definition) is 3. The van der Waals surface area contributed by atoms with Gasteiger partial charge in [0.1, 0.15) is 0 Å². The summed E-state index contributed by atoms with van der Waals surface area (Å²) in [6.45, 7) is 1.74. The Bertz CT molecular complexity index is 491. The third-order valence-corrected chi connectivity index (χ3v) is 4.28. The molecular weight excluding hydrogens is 284 g/mol. The van der Waals surface area contributed by atoms with Crippen molar-refractivity contribution in [1.82, 2.24) is 10.6 Å². The second kappa shape index (κ2) is 6.30. The van der Waals surface area contributed by atoms with E-state index in [9.17, 15) is 9.59 Å². The van der Waals surface area contributed by atoms with Gasteiger partial charge < -0.3 is 5.32 Å². The molecule has 1 aliphatic rings. The molecular formula is C13H15ClN2O2S. The van der Waals surface area contributed by atoms with Gasteiger partial charge >= 0.3 is 6.03 Å². The van der Waals surface area contributed by atoms with Crippen LogP contribution in [-0.2, 0) is 4.79 Å². The number of amides is 3. The van der Waals surface area contributed by atoms with Gasteiger partial charge in [0.15, 0.2) is 0 Å². The van der Waals surface area contributed by atoms with Gasteiger partial charge in [0, 0.05) is 10.9 Å². The van der Waals surface area contributed by atoms with Crippen molar-refractivity contribution in [3.63, 3.8) is 0 Å². The third kappa shape index (κ3) is 4.44. The third-order valence-electron chi connectivity index (χ3n) is 2.66. The minimum absolute atomic E-state index is 0.235. The predicted molar refractivity (Wildman–Crippen MR) is 76.5 cm³/mol. The van der Waals surface area contributed by atoms with Gasteiger partial charge in [0.2, 0.25) is 5.91 Å². The summed E-state index contributed by atoms with van der Waals surface area (Å²) >= 11 is 7.35. The average molecular weight is 299 g/mol. The molecule has 102 valence electrons. The first-order chi connectivity index (χ1) is 9.06. The normalized spacial score (nSPS) is 15.7. The standard InChI is InChI=1S/C13H15ClN2O2S/c1-8(19-11-5-3-2-4-10(11)14)12(17)16-13(18)15-9-6-7-9/h2-5,8-9H,6-7H2,1H3,(H2,15,16,17,18). The first-order valence-corrected chi connectivity index (χ1v) is 7.34. The molecule has 1 aromatic carbocycles. The van der Waals surface area contributed by atoms with Crippen LogP contribution in [0.5, 0.6) is 0 Å². The molecule has 1 unspecified atom stereocenters. The smallest absolute Gasteiger partial charge is 0.321 e. The molecule has 4 nitrogen and oxygen atoms in total. The van der Waals surface area contributed by atoms with Gasteiger partial charge in [-0.1, -0.05) is 23.7 Å². The number of carbonyl (C=O) groups excluding carboxylic acids is 2. The lowest BCUT2D eigenvalue weighted by molar-refractivity contribution is -0.119. The number of thioether (sulfide) groups is 1. The lowest BCUT2D eigenvalue weighted by atomic mass is 10.4. The van der Waals surface area contributed by atoms with Crippen molar-refractivity contribution in [2.24, 2.45) is 0 Å². The number of carbonyl (C=O) groups is 2. The summed E-state index contributed by atoms with van der Waals surface area (Å²) in [5.41, 5.74) is 0. The molecule has 1 fully saturated rings. The Balaban J connectivity index is 1.84. The van der Waals surface area contributed by atoms with Crippen molar-refractivity contribution < 1.29 is 9.59 Å². The highest BCUT2D eigenvalue weighted by Crippen LogP contribution is 2.29. The zero-order chi connectivity index (χ0) is 13.8. The predicted octanol–water partition coefficient (Wildman–Crippen LogP) is 2.81. The molecule has 1 aromatic rings. The molecule has 6 heteroatoms. The topological polar surface area (TPSA) is 58.2 Å². The Hall–Kier alpha value is -1.20. The first-order valence-electron chi connectivity index (χ1n) is 6.09. The van der Waals surface area contributed by atoms with E-state index in [1.54, 1.807) is 13.0 Å². The van der Waals surface area contributed by atoms with Crippen molar-refractivity contribution in [3.05, 3.63) is 29.3 Å². The monoisotopic (exact) mass is 298 g/mol. The molecule has 3 amide bonds. The van der Waals surface area contributed by atoms with Gasteiger partial charge in [-0.25, -0.2) is 4.79 Å². The molecule has 0 bridgehead atoms. The van der Waals surface area contributed by atoms with Gasteiger partial charge in [0.05, 0.1) is 10.3 Å². The summed E-state index contributed by atoms with van der Waals surface area (Å²) in [5, 5.41) is 5.27. The Morgan fingerprint density at radius 2 is 2.05 bits per heavy atom. The maximum atomic E-state index is 11.8. The van der Waals surface area contributed by atoms with Crippen molar-refractivity contribution in [2.75, 3.05) is 0 Å². The van der Waals surface area contributed by atoms with Gasteiger partial charge in [-0.2, -0.15) is 0 Å². The van der Waals surface area contributed by atoms with Crippen LogP contribution in [0.25, 0.3) is 0 Å². The summed E-state index contributed by atoms with van der Waals surface area (Å²) in [5.74, 6) is -0.317. The SMILES string of the molecule is CC(Sc1ccccc1Cl)C(=O)NC(=O)NC1CC1. The summed E-state index contributed by atoms with van der Waals surface area (Å²) in [6, 6.07) is 7.13. The number of benzene rings is 1. The van der Waals surface area contributed by atoms with E-state index in [0.29, 0.717) is 5.02 Å². The van der Waals surface area contributed by atoms with E-state index in [1.807, 2.05) is 18.2 Å². The Labute approximate surface area is 121 Å². The molecule has 1 aliphatic carbocycles. The average Bonchev–Trinajstić information content (AvgIpc) is 3.15. The molecule has 0 spiro atoms. The second-order valence-corrected chi connectivity index (χ2v) is 6.22. The summed E-state index contributed by atoms with van der Waals surface area (Å²) in [6.07, 6.45) is 1.98. The van der Waals surface area contributed by atoms with E-state index >= 15 is 0 Å². The highest BCUT2D eigenvalue weighted by Gasteiger charge is 2.25. The Kier molecular flexibility index (Phi) is 4.71. The molecule has 0 radical (unpaired) electrons. The van der Waals surface area contributed by atoms with Crippen LogP contribution in [0.4, 0.5) is 4.79 Å². The number of urea groups is 1. The molecule has 0 saturated heterocycles. The van der Waals surface area contributed by atoms with Crippen LogP contribution in [0.2, 0.25) is 5.02 Å². The van der Waals surface area contributed by atoms with Crippen LogP contribution < -0.4 is 10.6 Å². The minimum atomic E-state index is -0.417. The van der Waals surface area contributed by atoms with Gasteiger partial charge in [-0.05, 0) is 31.9 Å². The van der Waals surface area contributed by atoms with Crippen molar-refractivity contribution in [2.45, 2.75) is 36.0 Å². The number of nitrogens with one attached hydrogen (secondary N) is 2. The van der Waals surface area contributed by atoms with E-state index in [0.717, 1.165) is 17.7 Å². The van der Waals surface area contributed by atoms with E-state index in [-0.39, 0.29) is 17.2 Å². The number of rotatable bonds is 4. The van der Waals surface area contributed by atoms with Gasteiger partial charge in [-0.3, -0.25) is 10.1 Å². The van der Waals surface area contributed by atoms with Crippen molar-refractivity contribution in [3.8, 4) is 0 Å². The van der Waals surface area contributed by atoms with Crippen molar-refractivity contribution >= 4 is 35.3 Å². The molecule has 1 saturated carbocycles. The fourth-order valence-corrected chi connectivity index (χ4v) is 2.60. The molecule has 0 heterocycles. The maximum absolute atomic E-state index is 11.8. The van der Waals surface area contributed by atoms with Crippen LogP contribution in [-0.4, -0.2) is 23.2 Å². The Morgan fingerprint density at radius 1 is 1.37 bits per heavy atom. The van der Waals surface area contributed by atoms with Crippen LogP contribution >= 0.6 is 23.4 Å². The molecule has 0 aliphatic heterocycles. The lowest BCUT2D eigenvalue weighted by Gasteiger charge is -2.12. The van der Waals surface area contributed by atoms with Crippen LogP contribution in [0.1, 0.15) is 19.8 Å². The number of halogens is 1. The molecule has 19 heavy (non-hydrogen) atoms. The van der Waals surface area contributed by atoms with Crippen LogP contribution in [0.3, 0.4) is 0 Å². The molecule has 2 rings (SSSR count). The van der Waals surface area contributed by atoms with E-state index < -0.39 is 6.03 Å². The quantitative estimate of drug-likeness (QED) is 0.840. The van der Waals surface area contributed by atoms with Gasteiger partial charge in [-0.15, -0.1) is 11.8 Å². The summed E-state index contributed by atoms with van der Waals surface area (Å²) in [4.78, 5) is 24.1. The van der Waals surface area contributed by atoms with Crippen molar-refractivity contribution in [1.29, 1.82) is 0 Å². The molecule has 0 aromatic heterocycles. The fraction of sp³-hybridized carbons (Fsp3) is 0.385. The number of hydrogen-bond donors (Lipinski definition) is 2. The summed E-state index contributed by atoms with van der Waals surface area (Å²) in [7, 11) is 0. The van der Waals surface area contributed by atoms with E-state index in [2.05, 4.69) is 10.6 Å². The van der Waals surface area contributed by atoms with Crippen LogP contribution in [0.15, 0.2) is 29.2 Å². The zero-order valence-corrected chi connectivity index (χ0v) is 12.1. The summed E-state index contributed by atoms with van der Waals surface area (Å²) < 4.78 is 0. The minimum Gasteiger partial charge on any atom is -0.335 e. The number of imide groups is 1. The van der Waals surface area contributed by atoms with E-state index in [1.165, 1.54) is 11.8 Å². The fourth-order valence-electron chi connectivity index (χ4n) is 1.45. The Morgan fingerprint density at radius 3 is 2.68 bits per heavy atom. The first kappa shape index (κ1) is 14.2. The van der Waals surface area contributed by atoms with E-state index in [4.69, 9.17) is 11.6 Å². The van der Waals surface area contributed by atoms with Crippen LogP contribution in [0, 0.1) is 0 Å². The maximum Gasteiger partial charge on any atom is 0.321 e. The van der Waals surface area contributed by atoms with Gasteiger partial charge in [0.25, 0.3) is 0 Å².